The van der Waals surface area contributed by atoms with Crippen molar-refractivity contribution in [1.82, 2.24) is 20.3 Å². The quantitative estimate of drug-likeness (QED) is 0.792. The van der Waals surface area contributed by atoms with Crippen LogP contribution in [0, 0.1) is 12.8 Å². The van der Waals surface area contributed by atoms with Crippen molar-refractivity contribution in [2.24, 2.45) is 5.92 Å². The van der Waals surface area contributed by atoms with E-state index in [1.807, 2.05) is 12.1 Å². The van der Waals surface area contributed by atoms with Gasteiger partial charge in [0.1, 0.15) is 0 Å². The minimum absolute atomic E-state index is 0.518. The van der Waals surface area contributed by atoms with Crippen LogP contribution in [0.5, 0.6) is 5.88 Å². The van der Waals surface area contributed by atoms with E-state index in [2.05, 4.69) is 40.4 Å². The number of benzene rings is 1. The number of aromatic nitrogens is 3. The molecule has 25 heavy (non-hydrogen) atoms. The molecule has 3 aromatic rings. The highest BCUT2D eigenvalue weighted by atomic mass is 16.5. The zero-order valence-electron chi connectivity index (χ0n) is 14.4. The molecule has 5 nitrogen and oxygen atoms in total. The standard InChI is InChI=1S/C20H22N4O/c1-14-4-2-6-16(10-14)17-11-18-19(23-9-8-22-18)20(24-17)25-13-15-5-3-7-21-12-15/h2,4,6,8-11,15,21H,3,5,7,12-13H2,1H3/t15-/m0/s1. The summed E-state index contributed by atoms with van der Waals surface area (Å²) >= 11 is 0. The fourth-order valence-corrected chi connectivity index (χ4v) is 3.26. The first-order chi connectivity index (χ1) is 12.3. The third kappa shape index (κ3) is 3.61. The van der Waals surface area contributed by atoms with E-state index in [-0.39, 0.29) is 0 Å². The Morgan fingerprint density at radius 1 is 1.20 bits per heavy atom. The van der Waals surface area contributed by atoms with Crippen LogP contribution in [-0.2, 0) is 0 Å². The van der Waals surface area contributed by atoms with Crippen LogP contribution in [0.2, 0.25) is 0 Å². The van der Waals surface area contributed by atoms with Gasteiger partial charge >= 0.3 is 0 Å². The Morgan fingerprint density at radius 2 is 2.12 bits per heavy atom. The summed E-state index contributed by atoms with van der Waals surface area (Å²) in [7, 11) is 0. The predicted octanol–water partition coefficient (Wildman–Crippen LogP) is 3.38. The Balaban J connectivity index is 1.68. The van der Waals surface area contributed by atoms with E-state index in [4.69, 9.17) is 9.72 Å². The molecule has 1 atom stereocenters. The molecule has 0 aliphatic carbocycles. The van der Waals surface area contributed by atoms with Crippen molar-refractivity contribution in [1.29, 1.82) is 0 Å². The van der Waals surface area contributed by atoms with Gasteiger partial charge in [0, 0.05) is 30.4 Å². The summed E-state index contributed by atoms with van der Waals surface area (Å²) < 4.78 is 6.10. The summed E-state index contributed by atoms with van der Waals surface area (Å²) in [5.41, 5.74) is 4.67. The maximum Gasteiger partial charge on any atom is 0.242 e. The summed E-state index contributed by atoms with van der Waals surface area (Å²) in [6.07, 6.45) is 5.78. The van der Waals surface area contributed by atoms with Crippen LogP contribution in [0.4, 0.5) is 0 Å². The molecule has 4 rings (SSSR count). The number of nitrogens with one attached hydrogen (secondary N) is 1. The number of pyridine rings is 1. The molecule has 5 heteroatoms. The first kappa shape index (κ1) is 16.0. The van der Waals surface area contributed by atoms with Gasteiger partial charge in [0.05, 0.1) is 17.8 Å². The van der Waals surface area contributed by atoms with Crippen LogP contribution >= 0.6 is 0 Å². The molecule has 1 aromatic carbocycles. The van der Waals surface area contributed by atoms with Gasteiger partial charge in [-0.1, -0.05) is 23.8 Å². The van der Waals surface area contributed by atoms with Crippen molar-refractivity contribution in [3.05, 3.63) is 48.3 Å². The summed E-state index contributed by atoms with van der Waals surface area (Å²) in [5.74, 6) is 1.09. The van der Waals surface area contributed by atoms with E-state index < -0.39 is 0 Å². The second-order valence-electron chi connectivity index (χ2n) is 6.63. The lowest BCUT2D eigenvalue weighted by molar-refractivity contribution is 0.214. The Bertz CT molecular complexity index is 874. The van der Waals surface area contributed by atoms with Gasteiger partial charge in [0.15, 0.2) is 5.52 Å². The largest absolute Gasteiger partial charge is 0.476 e. The zero-order chi connectivity index (χ0) is 17.1. The summed E-state index contributed by atoms with van der Waals surface area (Å²) in [5, 5.41) is 3.42. The van der Waals surface area contributed by atoms with E-state index in [1.165, 1.54) is 18.4 Å². The molecule has 0 saturated carbocycles. The molecule has 0 amide bonds. The molecule has 0 bridgehead atoms. The number of piperidine rings is 1. The number of rotatable bonds is 4. The lowest BCUT2D eigenvalue weighted by Crippen LogP contribution is -2.33. The molecule has 1 saturated heterocycles. The first-order valence-electron chi connectivity index (χ1n) is 8.82. The minimum Gasteiger partial charge on any atom is -0.476 e. The molecule has 2 aromatic heterocycles. The second-order valence-corrected chi connectivity index (χ2v) is 6.63. The molecule has 3 heterocycles. The van der Waals surface area contributed by atoms with E-state index in [1.54, 1.807) is 12.4 Å². The van der Waals surface area contributed by atoms with Gasteiger partial charge in [-0.15, -0.1) is 0 Å². The highest BCUT2D eigenvalue weighted by Crippen LogP contribution is 2.27. The smallest absolute Gasteiger partial charge is 0.242 e. The monoisotopic (exact) mass is 334 g/mol. The van der Waals surface area contributed by atoms with Gasteiger partial charge in [-0.3, -0.25) is 4.98 Å². The van der Waals surface area contributed by atoms with Crippen molar-refractivity contribution in [2.75, 3.05) is 19.7 Å². The average molecular weight is 334 g/mol. The topological polar surface area (TPSA) is 59.9 Å². The molecule has 1 fully saturated rings. The third-order valence-corrected chi connectivity index (χ3v) is 4.59. The molecule has 1 aliphatic rings. The average Bonchev–Trinajstić information content (AvgIpc) is 2.67. The van der Waals surface area contributed by atoms with Gasteiger partial charge in [-0.2, -0.15) is 0 Å². The Kier molecular flexibility index (Phi) is 4.57. The summed E-state index contributed by atoms with van der Waals surface area (Å²) in [6.45, 7) is 4.84. The normalized spacial score (nSPS) is 17.6. The highest BCUT2D eigenvalue weighted by Gasteiger charge is 2.16. The number of hydrogen-bond donors (Lipinski definition) is 1. The zero-order valence-corrected chi connectivity index (χ0v) is 14.4. The fourth-order valence-electron chi connectivity index (χ4n) is 3.26. The number of fused-ring (bicyclic) bond motifs is 1. The van der Waals surface area contributed by atoms with Gasteiger partial charge in [-0.05, 0) is 38.4 Å². The van der Waals surface area contributed by atoms with Crippen LogP contribution in [0.3, 0.4) is 0 Å². The molecule has 1 aliphatic heterocycles. The molecule has 1 N–H and O–H groups in total. The SMILES string of the molecule is Cc1cccc(-c2cc3nccnc3c(OC[C@H]3CCCNC3)n2)c1. The number of ether oxygens (including phenoxy) is 1. The molecule has 0 spiro atoms. The van der Waals surface area contributed by atoms with Gasteiger partial charge < -0.3 is 10.1 Å². The first-order valence-corrected chi connectivity index (χ1v) is 8.82. The third-order valence-electron chi connectivity index (χ3n) is 4.59. The second kappa shape index (κ2) is 7.15. The van der Waals surface area contributed by atoms with E-state index in [0.717, 1.165) is 35.4 Å². The predicted molar refractivity (Wildman–Crippen MR) is 98.6 cm³/mol. The molecule has 128 valence electrons. The minimum atomic E-state index is 0.518. The highest BCUT2D eigenvalue weighted by molar-refractivity contribution is 5.83. The van der Waals surface area contributed by atoms with Gasteiger partial charge in [0.2, 0.25) is 5.88 Å². The molecular formula is C20H22N4O. The molecule has 0 unspecified atom stereocenters. The van der Waals surface area contributed by atoms with Crippen LogP contribution in [0.1, 0.15) is 18.4 Å². The Hall–Kier alpha value is -2.53. The summed E-state index contributed by atoms with van der Waals surface area (Å²) in [4.78, 5) is 13.6. The van der Waals surface area contributed by atoms with Crippen LogP contribution < -0.4 is 10.1 Å². The van der Waals surface area contributed by atoms with Crippen molar-refractivity contribution < 1.29 is 4.74 Å². The number of hydrogen-bond acceptors (Lipinski definition) is 5. The maximum atomic E-state index is 6.10. The Morgan fingerprint density at radius 3 is 2.96 bits per heavy atom. The molecule has 0 radical (unpaired) electrons. The summed E-state index contributed by atoms with van der Waals surface area (Å²) in [6, 6.07) is 10.3. The van der Waals surface area contributed by atoms with Gasteiger partial charge in [0.25, 0.3) is 0 Å². The van der Waals surface area contributed by atoms with Crippen molar-refractivity contribution in [3.63, 3.8) is 0 Å². The lowest BCUT2D eigenvalue weighted by Gasteiger charge is -2.22. The fraction of sp³-hybridized carbons (Fsp3) is 0.350. The van der Waals surface area contributed by atoms with E-state index >= 15 is 0 Å². The maximum absolute atomic E-state index is 6.10. The number of nitrogens with zero attached hydrogens (tertiary/aromatic N) is 3. The van der Waals surface area contributed by atoms with Crippen molar-refractivity contribution in [3.8, 4) is 17.1 Å². The van der Waals surface area contributed by atoms with Crippen molar-refractivity contribution >= 4 is 11.0 Å². The molecular weight excluding hydrogens is 312 g/mol. The van der Waals surface area contributed by atoms with Gasteiger partial charge in [-0.25, -0.2) is 9.97 Å². The van der Waals surface area contributed by atoms with Crippen LogP contribution in [0.15, 0.2) is 42.7 Å². The van der Waals surface area contributed by atoms with Crippen LogP contribution in [-0.4, -0.2) is 34.6 Å². The van der Waals surface area contributed by atoms with E-state index in [9.17, 15) is 0 Å². The van der Waals surface area contributed by atoms with Crippen LogP contribution in [0.25, 0.3) is 22.3 Å². The number of aryl methyl sites for hydroxylation is 1. The van der Waals surface area contributed by atoms with Crippen molar-refractivity contribution in [2.45, 2.75) is 19.8 Å². The Labute approximate surface area is 147 Å². The lowest BCUT2D eigenvalue weighted by atomic mass is 10.0. The van der Waals surface area contributed by atoms with E-state index in [0.29, 0.717) is 18.4 Å².